The predicted octanol–water partition coefficient (Wildman–Crippen LogP) is 5.11. The Kier molecular flexibility index (Phi) is 6.98. The largest absolute Gasteiger partial charge is 0.487 e. The summed E-state index contributed by atoms with van der Waals surface area (Å²) in [6.45, 7) is 5.09. The number of hydrogen-bond donors (Lipinski definition) is 2. The van der Waals surface area contributed by atoms with Crippen molar-refractivity contribution in [1.82, 2.24) is 10.6 Å². The van der Waals surface area contributed by atoms with Gasteiger partial charge in [0.05, 0.1) is 23.1 Å². The van der Waals surface area contributed by atoms with Gasteiger partial charge in [0.2, 0.25) is 5.91 Å². The molecule has 194 valence electrons. The van der Waals surface area contributed by atoms with E-state index in [1.807, 2.05) is 6.07 Å². The molecule has 2 bridgehead atoms. The molecule has 4 atom stereocenters. The van der Waals surface area contributed by atoms with Crippen molar-refractivity contribution in [1.29, 1.82) is 5.26 Å². The van der Waals surface area contributed by atoms with Crippen LogP contribution in [0.5, 0.6) is 5.75 Å². The Hall–Kier alpha value is -2.62. The molecule has 36 heavy (non-hydrogen) atoms. The first-order valence-corrected chi connectivity index (χ1v) is 13.8. The number of benzene rings is 1. The lowest BCUT2D eigenvalue weighted by Gasteiger charge is -2.39. The van der Waals surface area contributed by atoms with Crippen molar-refractivity contribution in [3.8, 4) is 11.8 Å². The van der Waals surface area contributed by atoms with Gasteiger partial charge in [0.1, 0.15) is 6.07 Å². The molecule has 2 N–H and O–H groups in total. The van der Waals surface area contributed by atoms with Gasteiger partial charge in [0.15, 0.2) is 11.6 Å². The lowest BCUT2D eigenvalue weighted by Crippen LogP contribution is -2.51. The Balaban J connectivity index is 1.30. The molecule has 4 fully saturated rings. The van der Waals surface area contributed by atoms with Crippen molar-refractivity contribution in [3.05, 3.63) is 29.1 Å². The molecule has 0 spiro atoms. The van der Waals surface area contributed by atoms with Gasteiger partial charge in [-0.2, -0.15) is 5.26 Å². The maximum Gasteiger partial charge on any atom is 0.253 e. The number of carbonyl (C=O) groups excluding carboxylic acids is 2. The maximum absolute atomic E-state index is 14.8. The zero-order valence-electron chi connectivity index (χ0n) is 21.4. The number of carbonyl (C=O) groups is 2. The highest BCUT2D eigenvalue weighted by atomic mass is 19.1. The monoisotopic (exact) mass is 495 g/mol. The van der Waals surface area contributed by atoms with Crippen LogP contribution in [-0.2, 0) is 4.79 Å². The van der Waals surface area contributed by atoms with Crippen LogP contribution < -0.4 is 15.4 Å². The number of halogens is 1. The van der Waals surface area contributed by atoms with Crippen molar-refractivity contribution in [2.45, 2.75) is 90.2 Å². The number of rotatable bonds is 7. The fourth-order valence-corrected chi connectivity index (χ4v) is 6.93. The number of fused-ring (bicyclic) bond motifs is 2. The van der Waals surface area contributed by atoms with E-state index in [2.05, 4.69) is 24.5 Å². The number of nitrogens with one attached hydrogen (secondary N) is 2. The Bertz CT molecular complexity index is 1050. The third-order valence-electron chi connectivity index (χ3n) is 9.46. The van der Waals surface area contributed by atoms with E-state index in [0.717, 1.165) is 63.9 Å². The second kappa shape index (κ2) is 10.0. The van der Waals surface area contributed by atoms with Gasteiger partial charge in [-0.1, -0.05) is 20.3 Å². The molecule has 0 unspecified atom stereocenters. The topological polar surface area (TPSA) is 91.2 Å². The first-order valence-electron chi connectivity index (χ1n) is 13.8. The molecule has 0 aromatic heterocycles. The van der Waals surface area contributed by atoms with Gasteiger partial charge < -0.3 is 15.4 Å². The van der Waals surface area contributed by atoms with Gasteiger partial charge in [-0.25, -0.2) is 4.39 Å². The minimum absolute atomic E-state index is 0.0170. The molecule has 0 saturated heterocycles. The fraction of sp³-hybridized carbons (Fsp3) is 0.690. The predicted molar refractivity (Wildman–Crippen MR) is 134 cm³/mol. The molecule has 4 saturated carbocycles. The summed E-state index contributed by atoms with van der Waals surface area (Å²) in [5.41, 5.74) is 0.285. The van der Waals surface area contributed by atoms with Crippen LogP contribution in [0.2, 0.25) is 0 Å². The second-order valence-corrected chi connectivity index (χ2v) is 12.2. The molecule has 1 aromatic carbocycles. The van der Waals surface area contributed by atoms with Crippen molar-refractivity contribution in [2.75, 3.05) is 6.54 Å². The van der Waals surface area contributed by atoms with Crippen molar-refractivity contribution < 1.29 is 18.7 Å². The maximum atomic E-state index is 14.8. The summed E-state index contributed by atoms with van der Waals surface area (Å²) in [7, 11) is 0. The van der Waals surface area contributed by atoms with Gasteiger partial charge in [-0.15, -0.1) is 0 Å². The number of nitriles is 1. The van der Waals surface area contributed by atoms with Gasteiger partial charge in [0, 0.05) is 12.6 Å². The van der Waals surface area contributed by atoms with Crippen LogP contribution >= 0.6 is 0 Å². The average Bonchev–Trinajstić information content (AvgIpc) is 3.45. The summed E-state index contributed by atoms with van der Waals surface area (Å²) in [5, 5.41) is 15.9. The van der Waals surface area contributed by atoms with Gasteiger partial charge in [-0.05, 0) is 93.1 Å². The lowest BCUT2D eigenvalue weighted by atomic mass is 9.70. The Labute approximate surface area is 213 Å². The van der Waals surface area contributed by atoms with E-state index in [1.54, 1.807) is 0 Å². The zero-order valence-corrected chi connectivity index (χ0v) is 21.4. The van der Waals surface area contributed by atoms with E-state index in [1.165, 1.54) is 12.5 Å². The summed E-state index contributed by atoms with van der Waals surface area (Å²) >= 11 is 0. The van der Waals surface area contributed by atoms with Crippen LogP contribution in [0.1, 0.15) is 94.0 Å². The molecule has 2 amide bonds. The van der Waals surface area contributed by atoms with E-state index in [4.69, 9.17) is 4.74 Å². The quantitative estimate of drug-likeness (QED) is 0.550. The van der Waals surface area contributed by atoms with Gasteiger partial charge in [-0.3, -0.25) is 9.59 Å². The van der Waals surface area contributed by atoms with Gasteiger partial charge >= 0.3 is 0 Å². The molecule has 6 nitrogen and oxygen atoms in total. The van der Waals surface area contributed by atoms with E-state index < -0.39 is 11.7 Å². The highest BCUT2D eigenvalue weighted by molar-refractivity contribution is 5.97. The van der Waals surface area contributed by atoms with Crippen molar-refractivity contribution in [3.63, 3.8) is 0 Å². The van der Waals surface area contributed by atoms with Gasteiger partial charge in [0.25, 0.3) is 5.91 Å². The molecular weight excluding hydrogens is 457 g/mol. The van der Waals surface area contributed by atoms with Crippen LogP contribution in [0.15, 0.2) is 12.1 Å². The highest BCUT2D eigenvalue weighted by Gasteiger charge is 2.51. The van der Waals surface area contributed by atoms with Crippen LogP contribution in [0.4, 0.5) is 4.39 Å². The number of amides is 2. The standard InChI is InChI=1S/C29H38FN3O3/c1-17-4-8-21(9-5-17)36-24-14-22(20(15-31)13-23(24)30)27(34)33-26-19-7-6-18(12-19)25(26)28(35)32-16-29(2)10-3-11-29/h13-14,17-19,21,25-26H,3-12,16H2,1-2H3,(H,32,35)(H,33,34)/t17?,18-,19+,21?,25+,26-/m1/s1. The summed E-state index contributed by atoms with van der Waals surface area (Å²) in [5.74, 6) is -0.114. The van der Waals surface area contributed by atoms with Crippen molar-refractivity contribution >= 4 is 11.8 Å². The first-order chi connectivity index (χ1) is 17.3. The summed E-state index contributed by atoms with van der Waals surface area (Å²) in [4.78, 5) is 26.7. The smallest absolute Gasteiger partial charge is 0.253 e. The molecule has 0 aliphatic heterocycles. The van der Waals surface area contributed by atoms with E-state index >= 15 is 0 Å². The lowest BCUT2D eigenvalue weighted by molar-refractivity contribution is -0.128. The summed E-state index contributed by atoms with van der Waals surface area (Å²) in [6, 6.07) is 4.16. The molecule has 7 heteroatoms. The Morgan fingerprint density at radius 2 is 1.86 bits per heavy atom. The molecule has 0 heterocycles. The van der Waals surface area contributed by atoms with Crippen LogP contribution in [0.25, 0.3) is 0 Å². The number of ether oxygens (including phenoxy) is 1. The van der Waals surface area contributed by atoms with Crippen LogP contribution in [-0.4, -0.2) is 30.5 Å². The second-order valence-electron chi connectivity index (χ2n) is 12.2. The molecule has 0 radical (unpaired) electrons. The van der Waals surface area contributed by atoms with Crippen molar-refractivity contribution in [2.24, 2.45) is 29.1 Å². The average molecular weight is 496 g/mol. The summed E-state index contributed by atoms with van der Waals surface area (Å²) < 4.78 is 20.7. The minimum atomic E-state index is -0.622. The Morgan fingerprint density at radius 3 is 2.53 bits per heavy atom. The van der Waals surface area contributed by atoms with E-state index in [0.29, 0.717) is 12.5 Å². The first kappa shape index (κ1) is 25.0. The molecule has 4 aliphatic rings. The molecule has 4 aliphatic carbocycles. The molecule has 5 rings (SSSR count). The normalized spacial score (nSPS) is 32.3. The minimum Gasteiger partial charge on any atom is -0.487 e. The summed E-state index contributed by atoms with van der Waals surface area (Å²) in [6.07, 6.45) is 10.1. The Morgan fingerprint density at radius 1 is 1.14 bits per heavy atom. The molecular formula is C29H38FN3O3. The van der Waals surface area contributed by atoms with E-state index in [9.17, 15) is 19.2 Å². The van der Waals surface area contributed by atoms with Crippen LogP contribution in [0, 0.1) is 46.2 Å². The van der Waals surface area contributed by atoms with Crippen LogP contribution in [0.3, 0.4) is 0 Å². The fourth-order valence-electron chi connectivity index (χ4n) is 6.93. The third kappa shape index (κ3) is 4.96. The zero-order chi connectivity index (χ0) is 25.4. The number of nitrogens with zero attached hydrogens (tertiary/aromatic N) is 1. The highest BCUT2D eigenvalue weighted by Crippen LogP contribution is 2.49. The third-order valence-corrected chi connectivity index (χ3v) is 9.46. The SMILES string of the molecule is CC1CCC(Oc2cc(C(=O)N[C@@H]3[C@H]4CC[C@H](C4)[C@@H]3C(=O)NCC3(C)CCC3)c(C#N)cc2F)CC1. The van der Waals surface area contributed by atoms with E-state index in [-0.39, 0.29) is 58.1 Å². The molecule has 1 aromatic rings. The number of hydrogen-bond acceptors (Lipinski definition) is 4.